The lowest BCUT2D eigenvalue weighted by Crippen LogP contribution is -2.47. The molecular formula is C22H23N3O5. The third-order valence-electron chi connectivity index (χ3n) is 5.14. The Morgan fingerprint density at radius 3 is 2.43 bits per heavy atom. The second-order valence-corrected chi connectivity index (χ2v) is 7.92. The molecule has 1 unspecified atom stereocenters. The minimum Gasteiger partial charge on any atom is -0.375 e. The smallest absolute Gasteiger partial charge is 0.366 e. The molecule has 0 fully saturated rings. The third-order valence-corrected chi connectivity index (χ3v) is 5.14. The van der Waals surface area contributed by atoms with Crippen LogP contribution in [-0.4, -0.2) is 22.1 Å². The van der Waals surface area contributed by atoms with E-state index in [1.54, 1.807) is 57.2 Å². The molecule has 0 saturated heterocycles. The number of nitrogens with one attached hydrogen (secondary N) is 1. The lowest BCUT2D eigenvalue weighted by molar-refractivity contribution is -0.142. The fourth-order valence-corrected chi connectivity index (χ4v) is 3.30. The number of nitrogens with zero attached hydrogens (tertiary/aromatic N) is 1. The van der Waals surface area contributed by atoms with E-state index in [1.165, 1.54) is 12.1 Å². The quantitative estimate of drug-likeness (QED) is 0.571. The summed E-state index contributed by atoms with van der Waals surface area (Å²) in [6.07, 6.45) is -0.219. The second-order valence-electron chi connectivity index (χ2n) is 7.92. The highest BCUT2D eigenvalue weighted by Crippen LogP contribution is 2.36. The number of nitrogens with two attached hydrogens (primary N) is 1. The highest BCUT2D eigenvalue weighted by atomic mass is 16.5. The van der Waals surface area contributed by atoms with Crippen LogP contribution in [0.5, 0.6) is 0 Å². The standard InChI is InChI=1S/C22H23N3O5/c1-13-17-11-15(9-10-16(17)18(26)30-25-13)24-20(28)22(29,12-21(2,3)19(23)27)14-7-5-4-6-8-14/h4-11,29H,12H2,1-3H3,(H2,23,27)(H,24,28). The Kier molecular flexibility index (Phi) is 5.45. The number of rotatable bonds is 6. The molecule has 1 heterocycles. The van der Waals surface area contributed by atoms with Gasteiger partial charge in [-0.3, -0.25) is 9.59 Å². The minimum atomic E-state index is -2.02. The molecule has 2 aromatic carbocycles. The van der Waals surface area contributed by atoms with E-state index in [0.29, 0.717) is 27.7 Å². The van der Waals surface area contributed by atoms with Crippen LogP contribution in [0.25, 0.3) is 10.8 Å². The van der Waals surface area contributed by atoms with Gasteiger partial charge in [0, 0.05) is 22.9 Å². The first-order valence-corrected chi connectivity index (χ1v) is 9.34. The average Bonchev–Trinajstić information content (AvgIpc) is 2.71. The van der Waals surface area contributed by atoms with Crippen LogP contribution in [0, 0.1) is 12.3 Å². The first kappa shape index (κ1) is 21.2. The Morgan fingerprint density at radius 1 is 1.13 bits per heavy atom. The van der Waals surface area contributed by atoms with Gasteiger partial charge in [-0.2, -0.15) is 0 Å². The largest absolute Gasteiger partial charge is 0.375 e. The van der Waals surface area contributed by atoms with Crippen LogP contribution in [0.3, 0.4) is 0 Å². The van der Waals surface area contributed by atoms with Gasteiger partial charge in [0.25, 0.3) is 5.91 Å². The summed E-state index contributed by atoms with van der Waals surface area (Å²) >= 11 is 0. The molecule has 0 bridgehead atoms. The molecule has 0 aliphatic carbocycles. The fourth-order valence-electron chi connectivity index (χ4n) is 3.30. The normalized spacial score (nSPS) is 13.6. The molecular weight excluding hydrogens is 386 g/mol. The molecule has 8 nitrogen and oxygen atoms in total. The number of aliphatic hydroxyl groups is 1. The summed E-state index contributed by atoms with van der Waals surface area (Å²) in [6.45, 7) is 4.81. The van der Waals surface area contributed by atoms with Gasteiger partial charge in [-0.25, -0.2) is 4.79 Å². The lowest BCUT2D eigenvalue weighted by Gasteiger charge is -2.34. The Hall–Kier alpha value is -3.52. The summed E-state index contributed by atoms with van der Waals surface area (Å²) in [4.78, 5) is 36.9. The molecule has 2 amide bonds. The number of carbonyl (C=O) groups is 2. The minimum absolute atomic E-state index is 0.219. The van der Waals surface area contributed by atoms with Crippen LogP contribution in [0.2, 0.25) is 0 Å². The van der Waals surface area contributed by atoms with E-state index in [-0.39, 0.29) is 6.42 Å². The number of hydrogen-bond donors (Lipinski definition) is 3. The van der Waals surface area contributed by atoms with Crippen molar-refractivity contribution >= 4 is 28.3 Å². The molecule has 1 atom stereocenters. The molecule has 4 N–H and O–H groups in total. The number of aryl methyl sites for hydroxylation is 1. The second kappa shape index (κ2) is 7.72. The summed E-state index contributed by atoms with van der Waals surface area (Å²) in [5.74, 6) is -1.36. The van der Waals surface area contributed by atoms with Crippen molar-refractivity contribution in [2.75, 3.05) is 5.32 Å². The van der Waals surface area contributed by atoms with Gasteiger partial charge in [-0.05, 0) is 30.7 Å². The number of aromatic nitrogens is 1. The SMILES string of the molecule is Cc1noc(=O)c2ccc(NC(=O)C(O)(CC(C)(C)C(N)=O)c3ccccc3)cc12. The highest BCUT2D eigenvalue weighted by molar-refractivity contribution is 6.00. The van der Waals surface area contributed by atoms with E-state index in [9.17, 15) is 19.5 Å². The number of hydrogen-bond acceptors (Lipinski definition) is 6. The van der Waals surface area contributed by atoms with Gasteiger partial charge < -0.3 is 20.7 Å². The number of fused-ring (bicyclic) bond motifs is 1. The zero-order valence-corrected chi connectivity index (χ0v) is 16.9. The van der Waals surface area contributed by atoms with E-state index < -0.39 is 28.5 Å². The third kappa shape index (κ3) is 3.95. The van der Waals surface area contributed by atoms with Crippen molar-refractivity contribution < 1.29 is 19.2 Å². The Bertz CT molecular complexity index is 1170. The maximum Gasteiger partial charge on any atom is 0.366 e. The molecule has 1 aromatic heterocycles. The van der Waals surface area contributed by atoms with Crippen molar-refractivity contribution in [3.63, 3.8) is 0 Å². The van der Waals surface area contributed by atoms with Crippen LogP contribution in [0.1, 0.15) is 31.5 Å². The molecule has 0 aliphatic heterocycles. The first-order valence-electron chi connectivity index (χ1n) is 9.34. The van der Waals surface area contributed by atoms with Crippen LogP contribution >= 0.6 is 0 Å². The molecule has 8 heteroatoms. The van der Waals surface area contributed by atoms with Gasteiger partial charge >= 0.3 is 5.63 Å². The Balaban J connectivity index is 2.02. The Morgan fingerprint density at radius 2 is 1.80 bits per heavy atom. The zero-order valence-electron chi connectivity index (χ0n) is 16.9. The van der Waals surface area contributed by atoms with Crippen molar-refractivity contribution in [1.82, 2.24) is 5.16 Å². The summed E-state index contributed by atoms with van der Waals surface area (Å²) in [5.41, 5.74) is 2.89. The van der Waals surface area contributed by atoms with Crippen molar-refractivity contribution in [1.29, 1.82) is 0 Å². The van der Waals surface area contributed by atoms with Gasteiger partial charge in [0.2, 0.25) is 5.91 Å². The van der Waals surface area contributed by atoms with E-state index in [2.05, 4.69) is 10.5 Å². The van der Waals surface area contributed by atoms with Crippen molar-refractivity contribution in [3.05, 3.63) is 70.2 Å². The van der Waals surface area contributed by atoms with Gasteiger partial charge in [-0.1, -0.05) is 49.3 Å². The number of primary amides is 1. The fraction of sp³-hybridized carbons (Fsp3) is 0.273. The van der Waals surface area contributed by atoms with Crippen LogP contribution in [0.15, 0.2) is 57.8 Å². The Labute approximate surface area is 172 Å². The first-order chi connectivity index (χ1) is 14.0. The topological polar surface area (TPSA) is 136 Å². The van der Waals surface area contributed by atoms with Crippen LogP contribution in [0.4, 0.5) is 5.69 Å². The number of amides is 2. The highest BCUT2D eigenvalue weighted by Gasteiger charge is 2.44. The molecule has 0 radical (unpaired) electrons. The van der Waals surface area contributed by atoms with Crippen molar-refractivity contribution in [3.8, 4) is 0 Å². The maximum absolute atomic E-state index is 13.2. The van der Waals surface area contributed by atoms with Crippen molar-refractivity contribution in [2.45, 2.75) is 32.8 Å². The monoisotopic (exact) mass is 409 g/mol. The molecule has 3 rings (SSSR count). The molecule has 3 aromatic rings. The average molecular weight is 409 g/mol. The summed E-state index contributed by atoms with van der Waals surface area (Å²) in [7, 11) is 0. The van der Waals surface area contributed by atoms with Gasteiger partial charge in [0.15, 0.2) is 5.60 Å². The molecule has 0 aliphatic rings. The molecule has 0 saturated carbocycles. The van der Waals surface area contributed by atoms with Crippen molar-refractivity contribution in [2.24, 2.45) is 11.1 Å². The summed E-state index contributed by atoms with van der Waals surface area (Å²) in [6, 6.07) is 13.0. The van der Waals surface area contributed by atoms with Gasteiger partial charge in [0.1, 0.15) is 0 Å². The van der Waals surface area contributed by atoms with Gasteiger partial charge in [0.05, 0.1) is 11.1 Å². The summed E-state index contributed by atoms with van der Waals surface area (Å²) < 4.78 is 4.70. The molecule has 156 valence electrons. The van der Waals surface area contributed by atoms with E-state index >= 15 is 0 Å². The molecule has 0 spiro atoms. The van der Waals surface area contributed by atoms with Gasteiger partial charge in [-0.15, -0.1) is 0 Å². The molecule has 30 heavy (non-hydrogen) atoms. The summed E-state index contributed by atoms with van der Waals surface area (Å²) in [5, 5.41) is 18.6. The van der Waals surface area contributed by atoms with Crippen LogP contribution < -0.4 is 16.7 Å². The van der Waals surface area contributed by atoms with E-state index in [1.807, 2.05) is 0 Å². The predicted molar refractivity (Wildman–Crippen MR) is 112 cm³/mol. The number of benzene rings is 2. The van der Waals surface area contributed by atoms with E-state index in [0.717, 1.165) is 0 Å². The van der Waals surface area contributed by atoms with Crippen LogP contribution in [-0.2, 0) is 15.2 Å². The number of anilines is 1. The zero-order chi connectivity index (χ0) is 22.1. The number of carbonyl (C=O) groups excluding carboxylic acids is 2. The lowest BCUT2D eigenvalue weighted by atomic mass is 9.76. The maximum atomic E-state index is 13.2. The van der Waals surface area contributed by atoms with E-state index in [4.69, 9.17) is 10.3 Å². The predicted octanol–water partition coefficient (Wildman–Crippen LogP) is 2.22.